The van der Waals surface area contributed by atoms with Crippen molar-refractivity contribution in [3.8, 4) is 0 Å². The molecule has 4 amide bonds. The van der Waals surface area contributed by atoms with Gasteiger partial charge in [-0.2, -0.15) is 0 Å². The van der Waals surface area contributed by atoms with E-state index in [-0.39, 0.29) is 6.54 Å². The van der Waals surface area contributed by atoms with Gasteiger partial charge in [0, 0.05) is 13.3 Å². The summed E-state index contributed by atoms with van der Waals surface area (Å²) in [5, 5.41) is 5.19. The monoisotopic (exact) mass is 482 g/mol. The first-order chi connectivity index (χ1) is 15.1. The minimum Gasteiger partial charge on any atom is -0.444 e. The summed E-state index contributed by atoms with van der Waals surface area (Å²) in [5.41, 5.74) is -0.134. The number of likely N-dealkylation sites (N-methyl/N-ethyl adjacent to an activating group) is 1. The maximum atomic E-state index is 12.8. The highest BCUT2D eigenvalue weighted by Gasteiger charge is 2.35. The van der Waals surface area contributed by atoms with Gasteiger partial charge in [0.2, 0.25) is 17.7 Å². The van der Waals surface area contributed by atoms with Gasteiger partial charge < -0.3 is 20.3 Å². The number of carbonyl (C=O) groups excluding carboxylic acids is 4. The number of rotatable bonds is 5. The van der Waals surface area contributed by atoms with E-state index in [1.807, 2.05) is 0 Å². The summed E-state index contributed by atoms with van der Waals surface area (Å²) in [4.78, 5) is 52.9. The van der Waals surface area contributed by atoms with E-state index in [0.29, 0.717) is 11.4 Å². The molecule has 2 unspecified atom stereocenters. The summed E-state index contributed by atoms with van der Waals surface area (Å²) in [6, 6.07) is 4.24. The van der Waals surface area contributed by atoms with Gasteiger partial charge >= 0.3 is 6.09 Å². The van der Waals surface area contributed by atoms with E-state index in [1.54, 1.807) is 45.0 Å². The number of amides is 4. The first-order valence-corrected chi connectivity index (χ1v) is 12.3. The van der Waals surface area contributed by atoms with Gasteiger partial charge in [0.05, 0.1) is 17.9 Å². The minimum absolute atomic E-state index is 0.286. The topological polar surface area (TPSA) is 142 Å². The van der Waals surface area contributed by atoms with Crippen molar-refractivity contribution in [3.05, 3.63) is 24.3 Å². The zero-order valence-electron chi connectivity index (χ0n) is 19.5. The SMILES string of the molecule is CC(C(=O)NC1CN(C(=O)CS(C)(=O)=O)c2ccccc2NC1=O)N(C)C(=O)OC(C)(C)C. The molecule has 0 saturated heterocycles. The average molecular weight is 483 g/mol. The van der Waals surface area contributed by atoms with Crippen molar-refractivity contribution in [1.82, 2.24) is 10.2 Å². The summed E-state index contributed by atoms with van der Waals surface area (Å²) < 4.78 is 28.6. The van der Waals surface area contributed by atoms with Crippen LogP contribution in [0.1, 0.15) is 27.7 Å². The molecule has 0 saturated carbocycles. The van der Waals surface area contributed by atoms with Gasteiger partial charge in [-0.05, 0) is 39.8 Å². The number of benzene rings is 1. The van der Waals surface area contributed by atoms with Crippen LogP contribution >= 0.6 is 0 Å². The van der Waals surface area contributed by atoms with E-state index >= 15 is 0 Å². The molecule has 2 atom stereocenters. The molecular formula is C21H30N4O7S. The summed E-state index contributed by atoms with van der Waals surface area (Å²) in [5.74, 6) is -2.73. The second-order valence-electron chi connectivity index (χ2n) is 8.91. The highest BCUT2D eigenvalue weighted by molar-refractivity contribution is 7.91. The molecule has 1 aromatic carbocycles. The number of hydrogen-bond donors (Lipinski definition) is 2. The van der Waals surface area contributed by atoms with Crippen molar-refractivity contribution >= 4 is 45.0 Å². The number of nitrogens with one attached hydrogen (secondary N) is 2. The molecular weight excluding hydrogens is 452 g/mol. The first-order valence-electron chi connectivity index (χ1n) is 10.2. The predicted molar refractivity (Wildman–Crippen MR) is 123 cm³/mol. The van der Waals surface area contributed by atoms with Crippen molar-refractivity contribution in [2.75, 3.05) is 35.8 Å². The van der Waals surface area contributed by atoms with Crippen molar-refractivity contribution in [2.45, 2.75) is 45.4 Å². The standard InChI is InChI=1S/C21H30N4O7S/c1-13(24(5)20(29)32-21(2,3)4)18(27)23-15-11-25(17(26)12-33(6,30)31)16-10-8-7-9-14(16)22-19(15)28/h7-10,13,15H,11-12H2,1-6H3,(H,22,28)(H,23,27). The number of anilines is 2. The summed E-state index contributed by atoms with van der Waals surface area (Å²) in [7, 11) is -2.24. The number of fused-ring (bicyclic) bond motifs is 1. The molecule has 11 nitrogen and oxygen atoms in total. The Morgan fingerprint density at radius 1 is 1.27 bits per heavy atom. The maximum Gasteiger partial charge on any atom is 0.410 e. The van der Waals surface area contributed by atoms with Gasteiger partial charge in [0.1, 0.15) is 23.4 Å². The first kappa shape index (κ1) is 26.1. The molecule has 1 aromatic rings. The van der Waals surface area contributed by atoms with Crippen molar-refractivity contribution in [2.24, 2.45) is 0 Å². The number of nitrogens with zero attached hydrogens (tertiary/aromatic N) is 2. The fourth-order valence-electron chi connectivity index (χ4n) is 3.01. The lowest BCUT2D eigenvalue weighted by molar-refractivity contribution is -0.129. The molecule has 0 fully saturated rings. The highest BCUT2D eigenvalue weighted by atomic mass is 32.2. The van der Waals surface area contributed by atoms with Crippen LogP contribution in [0.4, 0.5) is 16.2 Å². The molecule has 1 heterocycles. The van der Waals surface area contributed by atoms with Gasteiger partial charge in [-0.15, -0.1) is 0 Å². The lowest BCUT2D eigenvalue weighted by Crippen LogP contribution is -2.55. The van der Waals surface area contributed by atoms with E-state index in [1.165, 1.54) is 14.0 Å². The number of carbonyl (C=O) groups is 4. The summed E-state index contributed by atoms with van der Waals surface area (Å²) >= 11 is 0. The largest absolute Gasteiger partial charge is 0.444 e. The number of sulfone groups is 1. The molecule has 182 valence electrons. The predicted octanol–water partition coefficient (Wildman–Crippen LogP) is 0.757. The number of ether oxygens (including phenoxy) is 1. The van der Waals surface area contributed by atoms with Crippen molar-refractivity contribution in [3.63, 3.8) is 0 Å². The lowest BCUT2D eigenvalue weighted by Gasteiger charge is -2.29. The summed E-state index contributed by atoms with van der Waals surface area (Å²) in [6.07, 6.45) is 0.221. The van der Waals surface area contributed by atoms with Crippen LogP contribution in [0.3, 0.4) is 0 Å². The fourth-order valence-corrected chi connectivity index (χ4v) is 3.61. The number of hydrogen-bond acceptors (Lipinski definition) is 7. The Morgan fingerprint density at radius 3 is 2.45 bits per heavy atom. The molecule has 1 aliphatic heterocycles. The second kappa shape index (κ2) is 9.77. The Bertz CT molecular complexity index is 1050. The lowest BCUT2D eigenvalue weighted by atomic mass is 10.2. The second-order valence-corrected chi connectivity index (χ2v) is 11.0. The number of para-hydroxylation sites is 2. The van der Waals surface area contributed by atoms with Crippen molar-refractivity contribution < 1.29 is 32.3 Å². The van der Waals surface area contributed by atoms with Crippen molar-refractivity contribution in [1.29, 1.82) is 0 Å². The van der Waals surface area contributed by atoms with Crippen LogP contribution in [-0.4, -0.2) is 80.4 Å². The van der Waals surface area contributed by atoms with Gasteiger partial charge in [-0.3, -0.25) is 19.3 Å². The minimum atomic E-state index is -3.63. The van der Waals surface area contributed by atoms with Crippen LogP contribution in [0.5, 0.6) is 0 Å². The van der Waals surface area contributed by atoms with Gasteiger partial charge in [0.25, 0.3) is 0 Å². The third kappa shape index (κ3) is 7.17. The molecule has 0 radical (unpaired) electrons. The summed E-state index contributed by atoms with van der Waals surface area (Å²) in [6.45, 7) is 6.26. The van der Waals surface area contributed by atoms with Crippen LogP contribution in [0, 0.1) is 0 Å². The third-order valence-electron chi connectivity index (χ3n) is 4.78. The van der Waals surface area contributed by atoms with E-state index in [0.717, 1.165) is 16.1 Å². The van der Waals surface area contributed by atoms with Gasteiger partial charge in [-0.1, -0.05) is 12.1 Å². The van der Waals surface area contributed by atoms with Crippen LogP contribution in [0.25, 0.3) is 0 Å². The Labute approximate surface area is 193 Å². The third-order valence-corrected chi connectivity index (χ3v) is 5.55. The molecule has 2 rings (SSSR count). The normalized spacial score (nSPS) is 17.2. The molecule has 12 heteroatoms. The Kier molecular flexibility index (Phi) is 7.73. The Morgan fingerprint density at radius 2 is 1.88 bits per heavy atom. The smallest absolute Gasteiger partial charge is 0.410 e. The average Bonchev–Trinajstić information content (AvgIpc) is 2.80. The van der Waals surface area contributed by atoms with E-state index in [4.69, 9.17) is 4.74 Å². The van der Waals surface area contributed by atoms with Crippen LogP contribution in [0.15, 0.2) is 24.3 Å². The van der Waals surface area contributed by atoms with E-state index < -0.39 is 57.1 Å². The Balaban J connectivity index is 2.24. The zero-order valence-corrected chi connectivity index (χ0v) is 20.4. The molecule has 0 aliphatic carbocycles. The van der Waals surface area contributed by atoms with E-state index in [2.05, 4.69) is 10.6 Å². The van der Waals surface area contributed by atoms with Crippen LogP contribution in [0.2, 0.25) is 0 Å². The Hall–Kier alpha value is -3.15. The molecule has 0 bridgehead atoms. The van der Waals surface area contributed by atoms with Gasteiger partial charge in [-0.25, -0.2) is 13.2 Å². The molecule has 33 heavy (non-hydrogen) atoms. The van der Waals surface area contributed by atoms with Gasteiger partial charge in [0.15, 0.2) is 9.84 Å². The molecule has 1 aliphatic rings. The zero-order chi connectivity index (χ0) is 25.1. The van der Waals surface area contributed by atoms with Crippen LogP contribution < -0.4 is 15.5 Å². The molecule has 0 spiro atoms. The molecule has 0 aromatic heterocycles. The quantitative estimate of drug-likeness (QED) is 0.631. The highest BCUT2D eigenvalue weighted by Crippen LogP contribution is 2.29. The maximum absolute atomic E-state index is 12.8. The van der Waals surface area contributed by atoms with E-state index in [9.17, 15) is 27.6 Å². The molecule has 2 N–H and O–H groups in total. The van der Waals surface area contributed by atoms with Crippen LogP contribution in [-0.2, 0) is 29.0 Å². The fraction of sp³-hybridized carbons (Fsp3) is 0.524.